The number of benzene rings is 2. The number of nitriles is 1. The van der Waals surface area contributed by atoms with Crippen molar-refractivity contribution in [3.05, 3.63) is 65.5 Å². The van der Waals surface area contributed by atoms with Crippen LogP contribution >= 0.6 is 0 Å². The molecule has 0 bridgehead atoms. The second kappa shape index (κ2) is 5.51. The molecule has 1 heterocycles. The van der Waals surface area contributed by atoms with Crippen LogP contribution in [0.4, 0.5) is 4.39 Å². The van der Waals surface area contributed by atoms with E-state index in [1.807, 2.05) is 6.07 Å². The molecule has 0 aliphatic rings. The van der Waals surface area contributed by atoms with Crippen molar-refractivity contribution in [3.8, 4) is 17.5 Å². The molecule has 3 rings (SSSR count). The van der Waals surface area contributed by atoms with Crippen molar-refractivity contribution in [2.75, 3.05) is 0 Å². The minimum Gasteiger partial charge on any atom is -0.207 e. The van der Waals surface area contributed by atoms with Gasteiger partial charge in [0.2, 0.25) is 5.82 Å². The van der Waals surface area contributed by atoms with Crippen LogP contribution < -0.4 is 0 Å². The minimum atomic E-state index is -0.342. The molecule has 0 radical (unpaired) electrons. The Morgan fingerprint density at radius 3 is 2.81 bits per heavy atom. The smallest absolute Gasteiger partial charge is 0.205 e. The van der Waals surface area contributed by atoms with Gasteiger partial charge in [-0.1, -0.05) is 24.3 Å². The topological polar surface area (TPSA) is 67.4 Å². The highest BCUT2D eigenvalue weighted by molar-refractivity contribution is 5.53. The van der Waals surface area contributed by atoms with Gasteiger partial charge in [0, 0.05) is 5.56 Å². The number of halogens is 1. The van der Waals surface area contributed by atoms with E-state index in [0.717, 1.165) is 5.56 Å². The lowest BCUT2D eigenvalue weighted by Crippen LogP contribution is -2.04. The second-order valence-electron chi connectivity index (χ2n) is 4.47. The zero-order valence-corrected chi connectivity index (χ0v) is 10.9. The summed E-state index contributed by atoms with van der Waals surface area (Å²) in [7, 11) is 0. The number of hydrogen-bond donors (Lipinski definition) is 0. The van der Waals surface area contributed by atoms with Gasteiger partial charge in [-0.25, -0.2) is 4.39 Å². The molecule has 21 heavy (non-hydrogen) atoms. The molecule has 0 spiro atoms. The molecule has 0 amide bonds. The summed E-state index contributed by atoms with van der Waals surface area (Å²) in [5.41, 5.74) is 2.06. The zero-order chi connectivity index (χ0) is 14.7. The molecule has 0 saturated carbocycles. The van der Waals surface area contributed by atoms with E-state index in [2.05, 4.69) is 21.5 Å². The van der Waals surface area contributed by atoms with Gasteiger partial charge in [-0.2, -0.15) is 10.1 Å². The van der Waals surface area contributed by atoms with Crippen LogP contribution in [0.25, 0.3) is 11.4 Å². The largest absolute Gasteiger partial charge is 0.207 e. The Morgan fingerprint density at radius 2 is 2.00 bits per heavy atom. The molecule has 0 saturated heterocycles. The molecular formula is C15H10FN5. The van der Waals surface area contributed by atoms with E-state index in [0.29, 0.717) is 23.5 Å². The molecule has 6 heteroatoms. The third kappa shape index (κ3) is 2.92. The maximum atomic E-state index is 13.2. The highest BCUT2D eigenvalue weighted by Gasteiger charge is 2.07. The Hall–Kier alpha value is -3.07. The molecule has 102 valence electrons. The van der Waals surface area contributed by atoms with E-state index in [-0.39, 0.29) is 5.82 Å². The molecule has 3 aromatic rings. The van der Waals surface area contributed by atoms with Crippen LogP contribution in [0.2, 0.25) is 0 Å². The summed E-state index contributed by atoms with van der Waals surface area (Å²) in [6.07, 6.45) is 0. The summed E-state index contributed by atoms with van der Waals surface area (Å²) < 4.78 is 13.2. The number of aromatic nitrogens is 4. The third-order valence-electron chi connectivity index (χ3n) is 2.92. The zero-order valence-electron chi connectivity index (χ0n) is 10.9. The molecule has 0 aliphatic carbocycles. The number of rotatable bonds is 3. The Morgan fingerprint density at radius 1 is 1.14 bits per heavy atom. The van der Waals surface area contributed by atoms with Gasteiger partial charge in [-0.3, -0.25) is 0 Å². The predicted molar refractivity (Wildman–Crippen MR) is 73.5 cm³/mol. The van der Waals surface area contributed by atoms with E-state index < -0.39 is 0 Å². The van der Waals surface area contributed by atoms with Crippen molar-refractivity contribution in [2.45, 2.75) is 6.54 Å². The van der Waals surface area contributed by atoms with Crippen molar-refractivity contribution in [1.29, 1.82) is 5.26 Å². The third-order valence-corrected chi connectivity index (χ3v) is 2.92. The standard InChI is InChI=1S/C15H10FN5/c16-14-6-2-5-13(8-14)15-18-20-21(19-15)10-12-4-1-3-11(7-12)9-17/h1-8H,10H2. The lowest BCUT2D eigenvalue weighted by molar-refractivity contribution is 0.572. The Kier molecular flexibility index (Phi) is 3.39. The summed E-state index contributed by atoms with van der Waals surface area (Å²) in [5, 5.41) is 20.9. The molecule has 0 atom stereocenters. The van der Waals surface area contributed by atoms with Crippen LogP contribution in [-0.2, 0) is 6.54 Å². The van der Waals surface area contributed by atoms with Gasteiger partial charge in [-0.15, -0.1) is 10.2 Å². The first-order valence-corrected chi connectivity index (χ1v) is 6.27. The van der Waals surface area contributed by atoms with E-state index in [9.17, 15) is 4.39 Å². The van der Waals surface area contributed by atoms with Crippen LogP contribution in [0.15, 0.2) is 48.5 Å². The van der Waals surface area contributed by atoms with Crippen molar-refractivity contribution in [2.24, 2.45) is 0 Å². The average molecular weight is 279 g/mol. The molecule has 0 N–H and O–H groups in total. The maximum Gasteiger partial charge on any atom is 0.205 e. The van der Waals surface area contributed by atoms with Crippen molar-refractivity contribution in [3.63, 3.8) is 0 Å². The highest BCUT2D eigenvalue weighted by Crippen LogP contribution is 2.14. The van der Waals surface area contributed by atoms with Gasteiger partial charge in [0.15, 0.2) is 0 Å². The number of hydrogen-bond acceptors (Lipinski definition) is 4. The van der Waals surface area contributed by atoms with E-state index in [1.165, 1.54) is 16.9 Å². The van der Waals surface area contributed by atoms with Gasteiger partial charge < -0.3 is 0 Å². The Labute approximate surface area is 120 Å². The first kappa shape index (κ1) is 12.9. The Balaban J connectivity index is 1.84. The molecule has 0 aliphatic heterocycles. The summed E-state index contributed by atoms with van der Waals surface area (Å²) in [4.78, 5) is 1.41. The summed E-state index contributed by atoms with van der Waals surface area (Å²) in [6.45, 7) is 0.401. The van der Waals surface area contributed by atoms with Crippen molar-refractivity contribution in [1.82, 2.24) is 20.2 Å². The fourth-order valence-corrected chi connectivity index (χ4v) is 1.96. The summed E-state index contributed by atoms with van der Waals surface area (Å²) in [6, 6.07) is 15.3. The van der Waals surface area contributed by atoms with Crippen LogP contribution in [0, 0.1) is 17.1 Å². The molecule has 1 aromatic heterocycles. The predicted octanol–water partition coefficient (Wildman–Crippen LogP) is 2.40. The number of tetrazole rings is 1. The molecule has 0 unspecified atom stereocenters. The van der Waals surface area contributed by atoms with Crippen LogP contribution in [0.5, 0.6) is 0 Å². The second-order valence-corrected chi connectivity index (χ2v) is 4.47. The average Bonchev–Trinajstić information content (AvgIpc) is 2.96. The minimum absolute atomic E-state index is 0.342. The maximum absolute atomic E-state index is 13.2. The van der Waals surface area contributed by atoms with Crippen LogP contribution in [0.3, 0.4) is 0 Å². The fraction of sp³-hybridized carbons (Fsp3) is 0.0667. The monoisotopic (exact) mass is 279 g/mol. The summed E-state index contributed by atoms with van der Waals surface area (Å²) in [5.74, 6) is 0.0245. The number of nitrogens with zero attached hydrogens (tertiary/aromatic N) is 5. The highest BCUT2D eigenvalue weighted by atomic mass is 19.1. The summed E-state index contributed by atoms with van der Waals surface area (Å²) >= 11 is 0. The lowest BCUT2D eigenvalue weighted by atomic mass is 10.1. The molecular weight excluding hydrogens is 269 g/mol. The first-order valence-electron chi connectivity index (χ1n) is 6.27. The first-order chi connectivity index (χ1) is 10.2. The molecule has 5 nitrogen and oxygen atoms in total. The van der Waals surface area contributed by atoms with E-state index in [1.54, 1.807) is 30.3 Å². The normalized spacial score (nSPS) is 10.3. The fourth-order valence-electron chi connectivity index (χ4n) is 1.96. The lowest BCUT2D eigenvalue weighted by Gasteiger charge is -1.99. The molecule has 2 aromatic carbocycles. The quantitative estimate of drug-likeness (QED) is 0.738. The van der Waals surface area contributed by atoms with Crippen LogP contribution in [0.1, 0.15) is 11.1 Å². The van der Waals surface area contributed by atoms with E-state index >= 15 is 0 Å². The van der Waals surface area contributed by atoms with Gasteiger partial charge in [-0.05, 0) is 35.0 Å². The van der Waals surface area contributed by atoms with Gasteiger partial charge in [0.25, 0.3) is 0 Å². The molecule has 0 fully saturated rings. The van der Waals surface area contributed by atoms with Crippen LogP contribution in [-0.4, -0.2) is 20.2 Å². The van der Waals surface area contributed by atoms with Gasteiger partial charge in [0.05, 0.1) is 18.2 Å². The van der Waals surface area contributed by atoms with Gasteiger partial charge in [0.1, 0.15) is 5.82 Å². The van der Waals surface area contributed by atoms with Gasteiger partial charge >= 0.3 is 0 Å². The van der Waals surface area contributed by atoms with Crippen molar-refractivity contribution < 1.29 is 4.39 Å². The van der Waals surface area contributed by atoms with Crippen molar-refractivity contribution >= 4 is 0 Å². The Bertz CT molecular complexity index is 819. The van der Waals surface area contributed by atoms with E-state index in [4.69, 9.17) is 5.26 Å². The SMILES string of the molecule is N#Cc1cccc(Cn2nnc(-c3cccc(F)c3)n2)c1.